The number of hydrogen-bond acceptors (Lipinski definition) is 5. The van der Waals surface area contributed by atoms with Gasteiger partial charge in [0.2, 0.25) is 0 Å². The van der Waals surface area contributed by atoms with Crippen LogP contribution in [0, 0.1) is 0 Å². The van der Waals surface area contributed by atoms with Gasteiger partial charge in [0.1, 0.15) is 0 Å². The summed E-state index contributed by atoms with van der Waals surface area (Å²) in [5.41, 5.74) is 4.73. The van der Waals surface area contributed by atoms with Crippen molar-refractivity contribution in [2.75, 3.05) is 20.8 Å². The number of hydrogen-bond donors (Lipinski definition) is 1. The number of benzene rings is 1. The summed E-state index contributed by atoms with van der Waals surface area (Å²) in [6, 6.07) is 6.01. The first-order chi connectivity index (χ1) is 14.5. The molecule has 3 aromatic rings. The number of amides is 1. The zero-order chi connectivity index (χ0) is 21.3. The van der Waals surface area contributed by atoms with Gasteiger partial charge in [-0.1, -0.05) is 6.07 Å². The minimum Gasteiger partial charge on any atom is -0.493 e. The molecule has 158 valence electrons. The Bertz CT molecular complexity index is 1090. The van der Waals surface area contributed by atoms with Gasteiger partial charge in [0, 0.05) is 18.3 Å². The molecular formula is C23H28N4O3. The number of carbonyl (C=O) groups is 1. The lowest BCUT2D eigenvalue weighted by Gasteiger charge is -2.13. The number of aromatic nitrogens is 3. The van der Waals surface area contributed by atoms with E-state index in [1.807, 2.05) is 22.9 Å². The predicted octanol–water partition coefficient (Wildman–Crippen LogP) is 3.49. The van der Waals surface area contributed by atoms with Crippen LogP contribution in [-0.2, 0) is 19.3 Å². The highest BCUT2D eigenvalue weighted by molar-refractivity contribution is 6.07. The minimum atomic E-state index is -0.0515. The van der Waals surface area contributed by atoms with Crippen molar-refractivity contribution >= 4 is 16.9 Å². The van der Waals surface area contributed by atoms with Gasteiger partial charge in [0.15, 0.2) is 17.1 Å². The topological polar surface area (TPSA) is 78.3 Å². The molecule has 1 aromatic carbocycles. The molecule has 7 nitrogen and oxygen atoms in total. The van der Waals surface area contributed by atoms with Gasteiger partial charge in [-0.25, -0.2) is 9.67 Å². The molecule has 0 radical (unpaired) electrons. The molecule has 1 N–H and O–H groups in total. The summed E-state index contributed by atoms with van der Waals surface area (Å²) in [6.07, 6.45) is 5.33. The molecule has 7 heteroatoms. The van der Waals surface area contributed by atoms with Gasteiger partial charge in [-0.15, -0.1) is 0 Å². The average molecular weight is 409 g/mol. The molecule has 0 aliphatic heterocycles. The third kappa shape index (κ3) is 3.60. The smallest absolute Gasteiger partial charge is 0.252 e. The van der Waals surface area contributed by atoms with Crippen LogP contribution in [0.3, 0.4) is 0 Å². The maximum atomic E-state index is 13.2. The fourth-order valence-electron chi connectivity index (χ4n) is 4.14. The molecule has 4 rings (SSSR count). The lowest BCUT2D eigenvalue weighted by molar-refractivity contribution is 0.0955. The Kier molecular flexibility index (Phi) is 5.61. The summed E-state index contributed by atoms with van der Waals surface area (Å²) in [4.78, 5) is 18.0. The highest BCUT2D eigenvalue weighted by atomic mass is 16.5. The summed E-state index contributed by atoms with van der Waals surface area (Å²) in [5, 5.41) is 8.43. The summed E-state index contributed by atoms with van der Waals surface area (Å²) in [6.45, 7) is 4.68. The predicted molar refractivity (Wildman–Crippen MR) is 116 cm³/mol. The Hall–Kier alpha value is -3.09. The first kappa shape index (κ1) is 20.2. The van der Waals surface area contributed by atoms with Crippen LogP contribution < -0.4 is 14.8 Å². The molecule has 0 saturated carbocycles. The van der Waals surface area contributed by atoms with Crippen molar-refractivity contribution in [2.45, 2.75) is 45.6 Å². The number of fused-ring (bicyclic) bond motifs is 2. The van der Waals surface area contributed by atoms with Crippen molar-refractivity contribution in [3.63, 3.8) is 0 Å². The number of methoxy groups -OCH3 is 2. The van der Waals surface area contributed by atoms with Crippen molar-refractivity contribution in [2.24, 2.45) is 0 Å². The van der Waals surface area contributed by atoms with Gasteiger partial charge in [0.05, 0.1) is 31.4 Å². The molecule has 0 saturated heterocycles. The van der Waals surface area contributed by atoms with Gasteiger partial charge in [0.25, 0.3) is 5.91 Å². The maximum absolute atomic E-state index is 13.2. The molecule has 0 unspecified atom stereocenters. The van der Waals surface area contributed by atoms with E-state index in [9.17, 15) is 4.79 Å². The average Bonchev–Trinajstić information content (AvgIpc) is 3.38. The Morgan fingerprint density at radius 3 is 2.73 bits per heavy atom. The number of aryl methyl sites for hydroxylation is 1. The second-order valence-corrected chi connectivity index (χ2v) is 7.88. The first-order valence-electron chi connectivity index (χ1n) is 10.4. The standard InChI is InChI=1S/C23H28N4O3/c1-14(2)27-22-17(13-25-27)21(16-6-5-7-18(16)26-22)23(28)24-11-10-15-8-9-19(29-3)20(12-15)30-4/h8-9,12-14H,5-7,10-11H2,1-4H3,(H,24,28). The van der Waals surface area contributed by atoms with E-state index in [-0.39, 0.29) is 11.9 Å². The van der Waals surface area contributed by atoms with E-state index in [0.717, 1.165) is 52.7 Å². The fourth-order valence-corrected chi connectivity index (χ4v) is 4.14. The number of carbonyl (C=O) groups excluding carboxylic acids is 1. The van der Waals surface area contributed by atoms with Crippen molar-refractivity contribution < 1.29 is 14.3 Å². The zero-order valence-electron chi connectivity index (χ0n) is 18.0. The molecule has 0 bridgehead atoms. The second kappa shape index (κ2) is 8.34. The summed E-state index contributed by atoms with van der Waals surface area (Å²) in [7, 11) is 3.24. The van der Waals surface area contributed by atoms with Crippen LogP contribution in [0.1, 0.15) is 53.5 Å². The monoisotopic (exact) mass is 408 g/mol. The quantitative estimate of drug-likeness (QED) is 0.647. The largest absolute Gasteiger partial charge is 0.493 e. The number of pyridine rings is 1. The third-order valence-electron chi connectivity index (χ3n) is 5.63. The van der Waals surface area contributed by atoms with Crippen LogP contribution in [0.2, 0.25) is 0 Å². The van der Waals surface area contributed by atoms with Crippen LogP contribution in [0.5, 0.6) is 11.5 Å². The van der Waals surface area contributed by atoms with E-state index in [4.69, 9.17) is 14.5 Å². The molecule has 0 spiro atoms. The van der Waals surface area contributed by atoms with Gasteiger partial charge in [-0.3, -0.25) is 4.79 Å². The molecular weight excluding hydrogens is 380 g/mol. The molecule has 30 heavy (non-hydrogen) atoms. The Balaban J connectivity index is 1.55. The van der Waals surface area contributed by atoms with Crippen LogP contribution in [0.25, 0.3) is 11.0 Å². The van der Waals surface area contributed by atoms with Crippen LogP contribution in [-0.4, -0.2) is 41.4 Å². The molecule has 1 amide bonds. The summed E-state index contributed by atoms with van der Waals surface area (Å²) >= 11 is 0. The van der Waals surface area contributed by atoms with E-state index in [1.54, 1.807) is 20.4 Å². The lowest BCUT2D eigenvalue weighted by Crippen LogP contribution is -2.27. The lowest BCUT2D eigenvalue weighted by atomic mass is 10.0. The van der Waals surface area contributed by atoms with Crippen LogP contribution in [0.15, 0.2) is 24.4 Å². The highest BCUT2D eigenvalue weighted by Crippen LogP contribution is 2.31. The van der Waals surface area contributed by atoms with Crippen molar-refractivity contribution in [3.8, 4) is 11.5 Å². The Labute approximate surface area is 176 Å². The van der Waals surface area contributed by atoms with E-state index >= 15 is 0 Å². The number of nitrogens with zero attached hydrogens (tertiary/aromatic N) is 3. The Morgan fingerprint density at radius 1 is 1.20 bits per heavy atom. The van der Waals surface area contributed by atoms with Crippen LogP contribution >= 0.6 is 0 Å². The molecule has 1 aliphatic rings. The third-order valence-corrected chi connectivity index (χ3v) is 5.63. The minimum absolute atomic E-state index is 0.0515. The van der Waals surface area contributed by atoms with E-state index in [2.05, 4.69) is 24.3 Å². The first-order valence-corrected chi connectivity index (χ1v) is 10.4. The molecule has 0 fully saturated rings. The molecule has 1 aliphatic carbocycles. The highest BCUT2D eigenvalue weighted by Gasteiger charge is 2.26. The summed E-state index contributed by atoms with van der Waals surface area (Å²) in [5.74, 6) is 1.34. The van der Waals surface area contributed by atoms with Gasteiger partial charge >= 0.3 is 0 Å². The summed E-state index contributed by atoms with van der Waals surface area (Å²) < 4.78 is 12.5. The van der Waals surface area contributed by atoms with Gasteiger partial charge in [-0.05, 0) is 62.8 Å². The Morgan fingerprint density at radius 2 is 2.00 bits per heavy atom. The van der Waals surface area contributed by atoms with E-state index in [0.29, 0.717) is 24.5 Å². The van der Waals surface area contributed by atoms with Gasteiger partial charge < -0.3 is 14.8 Å². The number of rotatable bonds is 7. The van der Waals surface area contributed by atoms with Crippen molar-refractivity contribution in [1.29, 1.82) is 0 Å². The molecule has 2 aromatic heterocycles. The normalized spacial score (nSPS) is 13.0. The molecule has 0 atom stereocenters. The van der Waals surface area contributed by atoms with Crippen LogP contribution in [0.4, 0.5) is 0 Å². The second-order valence-electron chi connectivity index (χ2n) is 7.88. The maximum Gasteiger partial charge on any atom is 0.252 e. The fraction of sp³-hybridized carbons (Fsp3) is 0.435. The SMILES string of the molecule is COc1ccc(CCNC(=O)c2c3c(nc4c2cnn4C(C)C)CCC3)cc1OC. The van der Waals surface area contributed by atoms with Gasteiger partial charge in [-0.2, -0.15) is 5.10 Å². The molecule has 2 heterocycles. The number of ether oxygens (including phenoxy) is 2. The zero-order valence-corrected chi connectivity index (χ0v) is 18.0. The van der Waals surface area contributed by atoms with Crippen molar-refractivity contribution in [3.05, 3.63) is 46.8 Å². The van der Waals surface area contributed by atoms with Crippen molar-refractivity contribution in [1.82, 2.24) is 20.1 Å². The van der Waals surface area contributed by atoms with E-state index < -0.39 is 0 Å². The number of nitrogens with one attached hydrogen (secondary N) is 1. The van der Waals surface area contributed by atoms with E-state index in [1.165, 1.54) is 0 Å².